The van der Waals surface area contributed by atoms with E-state index < -0.39 is 67.3 Å². The Morgan fingerprint density at radius 2 is 1.51 bits per heavy atom. The minimum atomic E-state index is -3.57. The lowest BCUT2D eigenvalue weighted by Gasteiger charge is -2.44. The molecule has 0 radical (unpaired) electrons. The number of carbonyl (C=O) groups excluding carboxylic acids is 5. The van der Waals surface area contributed by atoms with Crippen LogP contribution in [-0.2, 0) is 29.0 Å². The number of carbonyl (C=O) groups is 5. The molecule has 53 heavy (non-hydrogen) atoms. The Kier molecular flexibility index (Phi) is 13.6. The van der Waals surface area contributed by atoms with Gasteiger partial charge in [-0.15, -0.1) is 6.58 Å². The SMILES string of the molecule is C=CCNC(=O)C(=O)C(CCC)NC(=O)[C@@H]1[C@H]2CCC(C)(C)[C@H]2CN1C(=O)[C@@H](NC(=O)NC1(CS(=O)(=O)C(C)(C)C)CCCCC1)C1(C)CCCCC1. The van der Waals surface area contributed by atoms with Gasteiger partial charge in [0.15, 0.2) is 9.84 Å². The molecule has 12 nitrogen and oxygen atoms in total. The van der Waals surface area contributed by atoms with Crippen molar-refractivity contribution in [3.8, 4) is 0 Å². The summed E-state index contributed by atoms with van der Waals surface area (Å²) < 4.78 is 26.0. The molecule has 0 aromatic carbocycles. The van der Waals surface area contributed by atoms with E-state index >= 15 is 4.79 Å². The summed E-state index contributed by atoms with van der Waals surface area (Å²) in [6.07, 6.45) is 11.8. The van der Waals surface area contributed by atoms with Gasteiger partial charge in [-0.2, -0.15) is 0 Å². The first-order chi connectivity index (χ1) is 24.7. The molecular weight excluding hydrogens is 695 g/mol. The molecule has 300 valence electrons. The topological polar surface area (TPSA) is 171 Å². The molecule has 3 saturated carbocycles. The van der Waals surface area contributed by atoms with Gasteiger partial charge in [-0.05, 0) is 88.4 Å². The Balaban J connectivity index is 1.66. The largest absolute Gasteiger partial charge is 0.346 e. The van der Waals surface area contributed by atoms with Gasteiger partial charge in [-0.1, -0.05) is 78.7 Å². The average Bonchev–Trinajstić information content (AvgIpc) is 3.62. The smallest absolute Gasteiger partial charge is 0.315 e. The van der Waals surface area contributed by atoms with Crippen molar-refractivity contribution in [3.63, 3.8) is 0 Å². The first-order valence-electron chi connectivity index (χ1n) is 20.1. The van der Waals surface area contributed by atoms with Gasteiger partial charge in [0.1, 0.15) is 12.1 Å². The monoisotopic (exact) mass is 761 g/mol. The minimum absolute atomic E-state index is 0.0279. The fourth-order valence-corrected chi connectivity index (χ4v) is 11.0. The van der Waals surface area contributed by atoms with Gasteiger partial charge < -0.3 is 26.2 Å². The number of hydrogen-bond acceptors (Lipinski definition) is 7. The molecule has 5 amide bonds. The van der Waals surface area contributed by atoms with Crippen molar-refractivity contribution in [2.45, 2.75) is 167 Å². The Hall–Kier alpha value is -2.96. The maximum Gasteiger partial charge on any atom is 0.315 e. The lowest BCUT2D eigenvalue weighted by atomic mass is 9.70. The summed E-state index contributed by atoms with van der Waals surface area (Å²) in [6, 6.07) is -3.45. The highest BCUT2D eigenvalue weighted by Crippen LogP contribution is 2.53. The van der Waals surface area contributed by atoms with Gasteiger partial charge in [0, 0.05) is 13.1 Å². The van der Waals surface area contributed by atoms with Crippen LogP contribution in [0.2, 0.25) is 0 Å². The number of Topliss-reactive ketones (excluding diaryl/α,β-unsaturated/α-hetero) is 1. The third-order valence-electron chi connectivity index (χ3n) is 13.0. The zero-order valence-electron chi connectivity index (χ0n) is 33.4. The summed E-state index contributed by atoms with van der Waals surface area (Å²) in [7, 11) is -3.57. The molecular formula is C40H67N5O7S. The molecule has 4 N–H and O–H groups in total. The third kappa shape index (κ3) is 9.65. The lowest BCUT2D eigenvalue weighted by Crippen LogP contribution is -2.64. The molecule has 0 aromatic rings. The fourth-order valence-electron chi connectivity index (χ4n) is 9.48. The van der Waals surface area contributed by atoms with Gasteiger partial charge in [-0.3, -0.25) is 19.2 Å². The number of nitrogens with zero attached hydrogens (tertiary/aromatic N) is 1. The van der Waals surface area contributed by atoms with E-state index in [1.54, 1.807) is 25.7 Å². The summed E-state index contributed by atoms with van der Waals surface area (Å²) in [5.74, 6) is -2.63. The van der Waals surface area contributed by atoms with Gasteiger partial charge in [-0.25, -0.2) is 13.2 Å². The predicted octanol–water partition coefficient (Wildman–Crippen LogP) is 4.96. The number of ketones is 1. The molecule has 1 unspecified atom stereocenters. The first-order valence-corrected chi connectivity index (χ1v) is 21.7. The van der Waals surface area contributed by atoms with Crippen molar-refractivity contribution in [1.82, 2.24) is 26.2 Å². The normalized spacial score (nSPS) is 26.0. The molecule has 0 aromatic heterocycles. The number of fused-ring (bicyclic) bond motifs is 1. The number of amides is 5. The number of likely N-dealkylation sites (tertiary alicyclic amines) is 1. The maximum atomic E-state index is 15.1. The van der Waals surface area contributed by atoms with Gasteiger partial charge in [0.25, 0.3) is 5.91 Å². The van der Waals surface area contributed by atoms with Crippen molar-refractivity contribution in [3.05, 3.63) is 12.7 Å². The molecule has 5 atom stereocenters. The molecule has 1 heterocycles. The van der Waals surface area contributed by atoms with E-state index in [0.29, 0.717) is 38.6 Å². The number of urea groups is 1. The van der Waals surface area contributed by atoms with Crippen LogP contribution in [0.25, 0.3) is 0 Å². The Labute approximate surface area is 318 Å². The van der Waals surface area contributed by atoms with Crippen LogP contribution in [0.4, 0.5) is 4.79 Å². The van der Waals surface area contributed by atoms with Crippen LogP contribution < -0.4 is 21.3 Å². The van der Waals surface area contributed by atoms with E-state index in [1.807, 2.05) is 13.8 Å². The van der Waals surface area contributed by atoms with E-state index in [9.17, 15) is 27.6 Å². The highest BCUT2D eigenvalue weighted by Gasteiger charge is 2.58. The van der Waals surface area contributed by atoms with Crippen LogP contribution in [0.3, 0.4) is 0 Å². The van der Waals surface area contributed by atoms with E-state index in [-0.39, 0.29) is 41.9 Å². The van der Waals surface area contributed by atoms with Crippen LogP contribution in [0, 0.1) is 22.7 Å². The van der Waals surface area contributed by atoms with E-state index in [4.69, 9.17) is 0 Å². The summed E-state index contributed by atoms with van der Waals surface area (Å²) >= 11 is 0. The zero-order valence-corrected chi connectivity index (χ0v) is 34.2. The van der Waals surface area contributed by atoms with Crippen molar-refractivity contribution >= 4 is 39.4 Å². The standard InChI is InChI=1S/C40H67N5O7S/c1-9-17-29(31(46)34(48)41-24-10-2)42-33(47)30-27-18-23-38(6,7)28(27)25-45(30)35(49)32(39(8)19-13-11-14-20-39)43-36(50)44-40(21-15-12-16-22-40)26-53(51,52)37(3,4)5/h10,27-30,32H,2,9,11-26H2,1,3-8H3,(H,41,48)(H,42,47)(H2,43,44,50)/t27-,28-,29?,30-,32+/m0/s1. The second kappa shape index (κ2) is 16.8. The molecule has 0 bridgehead atoms. The highest BCUT2D eigenvalue weighted by molar-refractivity contribution is 7.92. The predicted molar refractivity (Wildman–Crippen MR) is 207 cm³/mol. The summed E-state index contributed by atoms with van der Waals surface area (Å²) in [5, 5.41) is 11.6. The Morgan fingerprint density at radius 1 is 0.906 bits per heavy atom. The second-order valence-corrected chi connectivity index (χ2v) is 21.1. The number of rotatable bonds is 14. The van der Waals surface area contributed by atoms with Gasteiger partial charge >= 0.3 is 6.03 Å². The third-order valence-corrected chi connectivity index (χ3v) is 15.8. The summed E-state index contributed by atoms with van der Waals surface area (Å²) in [6.45, 7) is 17.3. The number of nitrogens with one attached hydrogen (secondary N) is 4. The van der Waals surface area contributed by atoms with Crippen LogP contribution in [0.1, 0.15) is 138 Å². The molecule has 4 aliphatic rings. The van der Waals surface area contributed by atoms with Crippen molar-refractivity contribution in [1.29, 1.82) is 0 Å². The first kappa shape index (κ1) is 42.8. The van der Waals surface area contributed by atoms with Crippen LogP contribution in [-0.4, -0.2) is 90.1 Å². The summed E-state index contributed by atoms with van der Waals surface area (Å²) in [4.78, 5) is 71.2. The molecule has 1 aliphatic heterocycles. The number of sulfone groups is 1. The average molecular weight is 762 g/mol. The minimum Gasteiger partial charge on any atom is -0.346 e. The van der Waals surface area contributed by atoms with Crippen molar-refractivity contribution in [2.75, 3.05) is 18.8 Å². The van der Waals surface area contributed by atoms with Gasteiger partial charge in [0.05, 0.1) is 22.1 Å². The molecule has 4 fully saturated rings. The Morgan fingerprint density at radius 3 is 2.08 bits per heavy atom. The number of hydrogen-bond donors (Lipinski definition) is 4. The van der Waals surface area contributed by atoms with Crippen molar-refractivity contribution in [2.24, 2.45) is 22.7 Å². The zero-order chi connectivity index (χ0) is 39.4. The van der Waals surface area contributed by atoms with E-state index in [2.05, 4.69) is 41.7 Å². The Bertz CT molecular complexity index is 1490. The molecule has 3 aliphatic carbocycles. The van der Waals surface area contributed by atoms with Gasteiger partial charge in [0.2, 0.25) is 17.6 Å². The second-order valence-electron chi connectivity index (χ2n) is 18.4. The molecule has 0 spiro atoms. The van der Waals surface area contributed by atoms with Crippen LogP contribution in [0.15, 0.2) is 12.7 Å². The molecule has 1 saturated heterocycles. The molecule has 4 rings (SSSR count). The van der Waals surface area contributed by atoms with Crippen LogP contribution >= 0.6 is 0 Å². The van der Waals surface area contributed by atoms with E-state index in [0.717, 1.165) is 51.4 Å². The molecule has 13 heteroatoms. The quantitative estimate of drug-likeness (QED) is 0.143. The maximum absolute atomic E-state index is 15.1. The van der Waals surface area contributed by atoms with Crippen molar-refractivity contribution < 1.29 is 32.4 Å². The highest BCUT2D eigenvalue weighted by atomic mass is 32.2. The summed E-state index contributed by atoms with van der Waals surface area (Å²) in [5.41, 5.74) is -1.68. The van der Waals surface area contributed by atoms with E-state index in [1.165, 1.54) is 6.08 Å². The lowest BCUT2D eigenvalue weighted by molar-refractivity contribution is -0.145. The van der Waals surface area contributed by atoms with Crippen LogP contribution in [0.5, 0.6) is 0 Å². The fraction of sp³-hybridized carbons (Fsp3) is 0.825.